The van der Waals surface area contributed by atoms with Crippen LogP contribution in [-0.4, -0.2) is 14.8 Å². The topological polar surface area (TPSA) is 63.2 Å². The number of rotatable bonds is 4. The molecule has 7 heteroatoms. The van der Waals surface area contributed by atoms with Crippen molar-refractivity contribution in [1.29, 1.82) is 0 Å². The molecule has 1 unspecified atom stereocenters. The van der Waals surface area contributed by atoms with E-state index in [1.807, 2.05) is 0 Å². The highest BCUT2D eigenvalue weighted by Crippen LogP contribution is 2.28. The molecule has 1 aromatic rings. The van der Waals surface area contributed by atoms with E-state index in [-0.39, 0.29) is 10.3 Å². The SMILES string of the molecule is CC(NC=O)c1ccc(S(=O)(=O)Cl)s1. The van der Waals surface area contributed by atoms with Gasteiger partial charge in [-0.15, -0.1) is 11.3 Å². The Morgan fingerprint density at radius 3 is 2.64 bits per heavy atom. The highest BCUT2D eigenvalue weighted by molar-refractivity contribution is 8.15. The molecule has 1 N–H and O–H groups in total. The van der Waals surface area contributed by atoms with Gasteiger partial charge in [0.25, 0.3) is 9.05 Å². The predicted octanol–water partition coefficient (Wildman–Crippen LogP) is 1.48. The zero-order valence-corrected chi connectivity index (χ0v) is 9.62. The van der Waals surface area contributed by atoms with Crippen molar-refractivity contribution in [2.24, 2.45) is 0 Å². The van der Waals surface area contributed by atoms with Crippen LogP contribution in [0.2, 0.25) is 0 Å². The minimum absolute atomic E-state index is 0.0914. The number of hydrogen-bond donors (Lipinski definition) is 1. The van der Waals surface area contributed by atoms with Crippen molar-refractivity contribution in [1.82, 2.24) is 5.32 Å². The van der Waals surface area contributed by atoms with E-state index in [4.69, 9.17) is 10.7 Å². The molecule has 1 amide bonds. The van der Waals surface area contributed by atoms with Crippen molar-refractivity contribution in [3.8, 4) is 0 Å². The Hall–Kier alpha value is -0.590. The van der Waals surface area contributed by atoms with E-state index in [1.165, 1.54) is 6.07 Å². The number of halogens is 1. The second-order valence-corrected chi connectivity index (χ2v) is 6.51. The van der Waals surface area contributed by atoms with Crippen LogP contribution in [0.3, 0.4) is 0 Å². The van der Waals surface area contributed by atoms with Gasteiger partial charge in [-0.05, 0) is 19.1 Å². The van der Waals surface area contributed by atoms with Gasteiger partial charge in [0.1, 0.15) is 4.21 Å². The first-order valence-corrected chi connectivity index (χ1v) is 6.82. The summed E-state index contributed by atoms with van der Waals surface area (Å²) in [4.78, 5) is 10.9. The van der Waals surface area contributed by atoms with Gasteiger partial charge in [0, 0.05) is 15.6 Å². The molecular weight excluding hydrogens is 246 g/mol. The summed E-state index contributed by atoms with van der Waals surface area (Å²) in [7, 11) is 1.49. The molecule has 0 aliphatic carbocycles. The number of nitrogens with one attached hydrogen (secondary N) is 1. The van der Waals surface area contributed by atoms with Crippen molar-refractivity contribution < 1.29 is 13.2 Å². The normalized spacial score (nSPS) is 13.6. The molecule has 14 heavy (non-hydrogen) atoms. The highest BCUT2D eigenvalue weighted by atomic mass is 35.7. The van der Waals surface area contributed by atoms with E-state index in [0.717, 1.165) is 16.2 Å². The summed E-state index contributed by atoms with van der Waals surface area (Å²) in [6, 6.07) is 2.84. The number of carbonyl (C=O) groups is 1. The van der Waals surface area contributed by atoms with Crippen LogP contribution in [-0.2, 0) is 13.8 Å². The summed E-state index contributed by atoms with van der Waals surface area (Å²) < 4.78 is 21.9. The molecule has 0 aliphatic heterocycles. The molecule has 0 saturated heterocycles. The predicted molar refractivity (Wildman–Crippen MR) is 55.0 cm³/mol. The highest BCUT2D eigenvalue weighted by Gasteiger charge is 2.15. The maximum Gasteiger partial charge on any atom is 0.270 e. The summed E-state index contributed by atoms with van der Waals surface area (Å²) in [6.07, 6.45) is 0.569. The summed E-state index contributed by atoms with van der Waals surface area (Å²) in [5.74, 6) is 0. The lowest BCUT2D eigenvalue weighted by molar-refractivity contribution is -0.110. The van der Waals surface area contributed by atoms with Crippen LogP contribution < -0.4 is 5.32 Å². The third kappa shape index (κ3) is 2.70. The van der Waals surface area contributed by atoms with E-state index in [1.54, 1.807) is 13.0 Å². The average molecular weight is 254 g/mol. The number of hydrogen-bond acceptors (Lipinski definition) is 4. The van der Waals surface area contributed by atoms with Gasteiger partial charge in [-0.1, -0.05) is 0 Å². The van der Waals surface area contributed by atoms with Crippen LogP contribution in [0.1, 0.15) is 17.8 Å². The molecule has 0 aliphatic rings. The van der Waals surface area contributed by atoms with Gasteiger partial charge < -0.3 is 5.32 Å². The van der Waals surface area contributed by atoms with Gasteiger partial charge in [0.15, 0.2) is 0 Å². The Kier molecular flexibility index (Phi) is 3.52. The maximum atomic E-state index is 10.9. The Bertz CT molecular complexity index is 426. The van der Waals surface area contributed by atoms with Gasteiger partial charge in [-0.25, -0.2) is 8.42 Å². The van der Waals surface area contributed by atoms with E-state index < -0.39 is 9.05 Å². The molecule has 1 aromatic heterocycles. The molecule has 0 radical (unpaired) electrons. The Labute approximate surface area is 90.3 Å². The van der Waals surface area contributed by atoms with E-state index in [9.17, 15) is 13.2 Å². The van der Waals surface area contributed by atoms with Crippen LogP contribution in [0, 0.1) is 0 Å². The first-order chi connectivity index (χ1) is 6.45. The van der Waals surface area contributed by atoms with E-state index >= 15 is 0 Å². The molecule has 4 nitrogen and oxygen atoms in total. The fraction of sp³-hybridized carbons (Fsp3) is 0.286. The van der Waals surface area contributed by atoms with Crippen molar-refractivity contribution >= 4 is 37.5 Å². The average Bonchev–Trinajstić information content (AvgIpc) is 2.51. The third-order valence-electron chi connectivity index (χ3n) is 1.59. The molecular formula is C7H8ClNO3S2. The lowest BCUT2D eigenvalue weighted by Gasteiger charge is -2.05. The smallest absolute Gasteiger partial charge is 0.270 e. The minimum Gasteiger partial charge on any atom is -0.351 e. The summed E-state index contributed by atoms with van der Waals surface area (Å²) in [6.45, 7) is 1.75. The van der Waals surface area contributed by atoms with Crippen LogP contribution in [0.25, 0.3) is 0 Å². The Morgan fingerprint density at radius 1 is 1.57 bits per heavy atom. The quantitative estimate of drug-likeness (QED) is 0.653. The maximum absolute atomic E-state index is 10.9. The van der Waals surface area contributed by atoms with Crippen LogP contribution in [0.4, 0.5) is 0 Å². The Balaban J connectivity index is 2.94. The van der Waals surface area contributed by atoms with E-state index in [0.29, 0.717) is 6.41 Å². The monoisotopic (exact) mass is 253 g/mol. The summed E-state index contributed by atoms with van der Waals surface area (Å²) >= 11 is 1.05. The molecule has 0 fully saturated rings. The standard InChI is InChI=1S/C7H8ClNO3S2/c1-5(9-4-10)6-2-3-7(13-6)14(8,11)12/h2-5H,1H3,(H,9,10). The summed E-state index contributed by atoms with van der Waals surface area (Å²) in [5, 5.41) is 2.52. The molecule has 78 valence electrons. The van der Waals surface area contributed by atoms with Crippen molar-refractivity contribution in [3.63, 3.8) is 0 Å². The van der Waals surface area contributed by atoms with Gasteiger partial charge in [-0.3, -0.25) is 4.79 Å². The number of carbonyl (C=O) groups excluding carboxylic acids is 1. The van der Waals surface area contributed by atoms with E-state index in [2.05, 4.69) is 5.32 Å². The second-order valence-electron chi connectivity index (χ2n) is 2.60. The largest absolute Gasteiger partial charge is 0.351 e. The third-order valence-corrected chi connectivity index (χ3v) is 4.95. The molecule has 1 heterocycles. The zero-order chi connectivity index (χ0) is 10.8. The van der Waals surface area contributed by atoms with Gasteiger partial charge in [0.05, 0.1) is 6.04 Å². The second kappa shape index (κ2) is 4.29. The van der Waals surface area contributed by atoms with Gasteiger partial charge >= 0.3 is 0 Å². The Morgan fingerprint density at radius 2 is 2.21 bits per heavy atom. The molecule has 0 bridgehead atoms. The molecule has 0 aromatic carbocycles. The number of thiophene rings is 1. The molecule has 0 spiro atoms. The van der Waals surface area contributed by atoms with Crippen LogP contribution >= 0.6 is 22.0 Å². The minimum atomic E-state index is -3.66. The number of amides is 1. The van der Waals surface area contributed by atoms with Gasteiger partial charge in [-0.2, -0.15) is 0 Å². The van der Waals surface area contributed by atoms with Crippen molar-refractivity contribution in [2.75, 3.05) is 0 Å². The first-order valence-electron chi connectivity index (χ1n) is 3.69. The van der Waals surface area contributed by atoms with Gasteiger partial charge in [0.2, 0.25) is 6.41 Å². The molecule has 1 atom stereocenters. The fourth-order valence-corrected chi connectivity index (χ4v) is 2.99. The summed E-state index contributed by atoms with van der Waals surface area (Å²) in [5.41, 5.74) is 0. The lowest BCUT2D eigenvalue weighted by atomic mass is 10.3. The van der Waals surface area contributed by atoms with Crippen molar-refractivity contribution in [3.05, 3.63) is 17.0 Å². The zero-order valence-electron chi connectivity index (χ0n) is 7.23. The first kappa shape index (κ1) is 11.5. The fourth-order valence-electron chi connectivity index (χ4n) is 0.882. The lowest BCUT2D eigenvalue weighted by Crippen LogP contribution is -2.14. The molecule has 0 saturated carbocycles. The van der Waals surface area contributed by atoms with Crippen LogP contribution in [0.15, 0.2) is 16.3 Å². The van der Waals surface area contributed by atoms with Crippen molar-refractivity contribution in [2.45, 2.75) is 17.2 Å². The van der Waals surface area contributed by atoms with Crippen LogP contribution in [0.5, 0.6) is 0 Å². The molecule has 1 rings (SSSR count).